The quantitative estimate of drug-likeness (QED) is 0.915. The van der Waals surface area contributed by atoms with Crippen molar-refractivity contribution in [2.75, 3.05) is 33.5 Å². The van der Waals surface area contributed by atoms with Gasteiger partial charge in [0.25, 0.3) is 11.8 Å². The molecule has 0 spiro atoms. The number of rotatable bonds is 4. The van der Waals surface area contributed by atoms with Crippen molar-refractivity contribution in [3.63, 3.8) is 0 Å². The van der Waals surface area contributed by atoms with E-state index in [4.69, 9.17) is 4.74 Å². The van der Waals surface area contributed by atoms with Gasteiger partial charge < -0.3 is 14.5 Å². The molecule has 0 radical (unpaired) electrons. The summed E-state index contributed by atoms with van der Waals surface area (Å²) in [6.45, 7) is 0. The fourth-order valence-electron chi connectivity index (χ4n) is 2.20. The van der Waals surface area contributed by atoms with Gasteiger partial charge in [-0.25, -0.2) is 4.79 Å². The van der Waals surface area contributed by atoms with E-state index in [2.05, 4.69) is 5.32 Å². The molecule has 7 nitrogen and oxygen atoms in total. The lowest BCUT2D eigenvalue weighted by Crippen LogP contribution is -2.25. The Labute approximate surface area is 152 Å². The van der Waals surface area contributed by atoms with E-state index in [9.17, 15) is 14.4 Å². The maximum absolute atomic E-state index is 12.3. The molecule has 0 aromatic heterocycles. The predicted octanol–water partition coefficient (Wildman–Crippen LogP) is 2.70. The number of hydrogen-bond donors (Lipinski definition) is 1. The van der Waals surface area contributed by atoms with Crippen molar-refractivity contribution in [2.24, 2.45) is 0 Å². The van der Waals surface area contributed by atoms with Crippen molar-refractivity contribution < 1.29 is 19.1 Å². The van der Waals surface area contributed by atoms with Gasteiger partial charge in [0, 0.05) is 45.0 Å². The van der Waals surface area contributed by atoms with Gasteiger partial charge in [-0.2, -0.15) is 0 Å². The molecule has 0 saturated heterocycles. The maximum atomic E-state index is 12.3. The molecule has 0 heterocycles. The van der Waals surface area contributed by atoms with E-state index < -0.39 is 6.09 Å². The van der Waals surface area contributed by atoms with Crippen molar-refractivity contribution in [3.8, 4) is 5.75 Å². The fourth-order valence-corrected chi connectivity index (χ4v) is 2.20. The summed E-state index contributed by atoms with van der Waals surface area (Å²) in [4.78, 5) is 39.4. The van der Waals surface area contributed by atoms with Gasteiger partial charge in [0.2, 0.25) is 0 Å². The molecule has 2 rings (SSSR count). The average molecular weight is 355 g/mol. The fraction of sp³-hybridized carbons (Fsp3) is 0.211. The van der Waals surface area contributed by atoms with Crippen LogP contribution in [0.15, 0.2) is 48.5 Å². The van der Waals surface area contributed by atoms with Crippen LogP contribution in [-0.2, 0) is 0 Å². The molecule has 0 aliphatic rings. The summed E-state index contributed by atoms with van der Waals surface area (Å²) in [5.74, 6) is -0.175. The number of para-hydroxylation sites is 1. The highest BCUT2D eigenvalue weighted by Crippen LogP contribution is 2.18. The third kappa shape index (κ3) is 4.83. The molecule has 0 bridgehead atoms. The van der Waals surface area contributed by atoms with Gasteiger partial charge in [0.1, 0.15) is 5.75 Å². The summed E-state index contributed by atoms with van der Waals surface area (Å²) < 4.78 is 5.17. The lowest BCUT2D eigenvalue weighted by Gasteiger charge is -2.16. The van der Waals surface area contributed by atoms with Gasteiger partial charge in [-0.15, -0.1) is 0 Å². The van der Waals surface area contributed by atoms with Crippen LogP contribution in [0.4, 0.5) is 10.5 Å². The van der Waals surface area contributed by atoms with Crippen LogP contribution in [0.3, 0.4) is 0 Å². The molecule has 0 unspecified atom stereocenters. The van der Waals surface area contributed by atoms with E-state index in [1.165, 1.54) is 28.0 Å². The van der Waals surface area contributed by atoms with Crippen LogP contribution in [0.2, 0.25) is 0 Å². The van der Waals surface area contributed by atoms with Crippen molar-refractivity contribution in [2.45, 2.75) is 0 Å². The molecule has 0 aliphatic carbocycles. The highest BCUT2D eigenvalue weighted by Gasteiger charge is 2.17. The summed E-state index contributed by atoms with van der Waals surface area (Å²) in [6.07, 6.45) is -0.714. The third-order valence-electron chi connectivity index (χ3n) is 3.44. The molecule has 2 aromatic carbocycles. The zero-order valence-corrected chi connectivity index (χ0v) is 15.1. The summed E-state index contributed by atoms with van der Waals surface area (Å²) in [5, 5.41) is 2.56. The topological polar surface area (TPSA) is 79.0 Å². The minimum atomic E-state index is -0.714. The van der Waals surface area contributed by atoms with Gasteiger partial charge in [-0.05, 0) is 30.3 Å². The van der Waals surface area contributed by atoms with Crippen LogP contribution in [0, 0.1) is 0 Å². The molecular formula is C19H21N3O4. The van der Waals surface area contributed by atoms with E-state index in [0.29, 0.717) is 11.4 Å². The molecule has 0 saturated carbocycles. The normalized spacial score (nSPS) is 10.0. The minimum Gasteiger partial charge on any atom is -0.410 e. The Morgan fingerprint density at radius 1 is 0.808 bits per heavy atom. The zero-order chi connectivity index (χ0) is 19.3. The van der Waals surface area contributed by atoms with E-state index in [1.807, 2.05) is 0 Å². The molecule has 136 valence electrons. The molecule has 0 aliphatic heterocycles. The van der Waals surface area contributed by atoms with Crippen LogP contribution in [0.1, 0.15) is 20.7 Å². The highest BCUT2D eigenvalue weighted by molar-refractivity contribution is 6.02. The Balaban J connectivity index is 2.29. The predicted molar refractivity (Wildman–Crippen MR) is 98.6 cm³/mol. The standard InChI is InChI=1S/C19H21N3O4/c1-21(2)17(23)13-10-14(18(24)22(3)4)12-15(11-13)20-19(25)26-16-8-6-5-7-9-16/h5-12H,1-4H3,(H,20,25). The van der Waals surface area contributed by atoms with Crippen molar-refractivity contribution in [1.82, 2.24) is 9.80 Å². The lowest BCUT2D eigenvalue weighted by atomic mass is 10.1. The SMILES string of the molecule is CN(C)C(=O)c1cc(NC(=O)Oc2ccccc2)cc(C(=O)N(C)C)c1. The number of ether oxygens (including phenoxy) is 1. The summed E-state index contributed by atoms with van der Waals surface area (Å²) in [6, 6.07) is 13.1. The van der Waals surface area contributed by atoms with Crippen molar-refractivity contribution in [1.29, 1.82) is 0 Å². The van der Waals surface area contributed by atoms with Gasteiger partial charge in [0.05, 0.1) is 0 Å². The van der Waals surface area contributed by atoms with Gasteiger partial charge in [-0.3, -0.25) is 14.9 Å². The molecule has 2 aromatic rings. The largest absolute Gasteiger partial charge is 0.417 e. The number of nitrogens with zero attached hydrogens (tertiary/aromatic N) is 2. The lowest BCUT2D eigenvalue weighted by molar-refractivity contribution is 0.0826. The Bertz CT molecular complexity index is 779. The minimum absolute atomic E-state index is 0.280. The number of amides is 3. The summed E-state index contributed by atoms with van der Waals surface area (Å²) >= 11 is 0. The van der Waals surface area contributed by atoms with Gasteiger partial charge in [0.15, 0.2) is 0 Å². The average Bonchev–Trinajstić information content (AvgIpc) is 2.60. The maximum Gasteiger partial charge on any atom is 0.417 e. The first-order chi connectivity index (χ1) is 12.3. The molecule has 1 N–H and O–H groups in total. The van der Waals surface area contributed by atoms with Gasteiger partial charge >= 0.3 is 6.09 Å². The number of hydrogen-bond acceptors (Lipinski definition) is 4. The number of benzene rings is 2. The summed E-state index contributed by atoms with van der Waals surface area (Å²) in [7, 11) is 6.44. The number of carbonyl (C=O) groups is 3. The molecule has 26 heavy (non-hydrogen) atoms. The first kappa shape index (κ1) is 19.0. The molecule has 3 amide bonds. The number of anilines is 1. The van der Waals surface area contributed by atoms with Crippen LogP contribution >= 0.6 is 0 Å². The monoisotopic (exact) mass is 355 g/mol. The molecule has 0 atom stereocenters. The first-order valence-corrected chi connectivity index (χ1v) is 7.90. The second kappa shape index (κ2) is 8.15. The number of nitrogens with one attached hydrogen (secondary N) is 1. The second-order valence-corrected chi connectivity index (χ2v) is 6.03. The summed E-state index contributed by atoms with van der Waals surface area (Å²) in [5.41, 5.74) is 0.874. The van der Waals surface area contributed by atoms with E-state index in [-0.39, 0.29) is 22.9 Å². The van der Waals surface area contributed by atoms with Crippen molar-refractivity contribution >= 4 is 23.6 Å². The van der Waals surface area contributed by atoms with E-state index >= 15 is 0 Å². The molecule has 0 fully saturated rings. The third-order valence-corrected chi connectivity index (χ3v) is 3.44. The Morgan fingerprint density at radius 2 is 1.31 bits per heavy atom. The van der Waals surface area contributed by atoms with Crippen molar-refractivity contribution in [3.05, 3.63) is 59.7 Å². The smallest absolute Gasteiger partial charge is 0.410 e. The van der Waals surface area contributed by atoms with E-state index in [0.717, 1.165) is 0 Å². The Kier molecular flexibility index (Phi) is 5.95. The van der Waals surface area contributed by atoms with Gasteiger partial charge in [-0.1, -0.05) is 18.2 Å². The zero-order valence-electron chi connectivity index (χ0n) is 15.1. The Hall–Kier alpha value is -3.35. The number of carbonyl (C=O) groups excluding carboxylic acids is 3. The van der Waals surface area contributed by atoms with Crippen LogP contribution in [0.25, 0.3) is 0 Å². The van der Waals surface area contributed by atoms with E-state index in [1.54, 1.807) is 58.5 Å². The van der Waals surface area contributed by atoms with Crippen LogP contribution in [-0.4, -0.2) is 55.9 Å². The first-order valence-electron chi connectivity index (χ1n) is 7.90. The molecular weight excluding hydrogens is 334 g/mol. The second-order valence-electron chi connectivity index (χ2n) is 6.03. The van der Waals surface area contributed by atoms with Crippen LogP contribution in [0.5, 0.6) is 5.75 Å². The Morgan fingerprint density at radius 3 is 1.77 bits per heavy atom. The highest BCUT2D eigenvalue weighted by atomic mass is 16.6. The van der Waals surface area contributed by atoms with Crippen LogP contribution < -0.4 is 10.1 Å². The molecule has 7 heteroatoms.